The number of fused-ring (bicyclic) bond motifs is 3. The van der Waals surface area contributed by atoms with Crippen LogP contribution in [0.15, 0.2) is 18.2 Å². The van der Waals surface area contributed by atoms with Crippen molar-refractivity contribution in [3.05, 3.63) is 23.8 Å². The van der Waals surface area contributed by atoms with E-state index in [0.717, 1.165) is 17.1 Å². The Labute approximate surface area is 82.6 Å². The molecule has 0 saturated carbocycles. The van der Waals surface area contributed by atoms with Crippen LogP contribution in [0.5, 0.6) is 11.5 Å². The molecule has 2 aliphatic rings. The second-order valence-corrected chi connectivity index (χ2v) is 4.05. The molecule has 3 rings (SSSR count). The van der Waals surface area contributed by atoms with Gasteiger partial charge in [0.15, 0.2) is 5.60 Å². The zero-order valence-corrected chi connectivity index (χ0v) is 8.46. The lowest BCUT2D eigenvalue weighted by Gasteiger charge is -2.08. The predicted octanol–water partition coefficient (Wildman–Crippen LogP) is 2.05. The van der Waals surface area contributed by atoms with E-state index in [4.69, 9.17) is 14.2 Å². The molecule has 3 nitrogen and oxygen atoms in total. The van der Waals surface area contributed by atoms with Gasteiger partial charge in [-0.05, 0) is 25.1 Å². The van der Waals surface area contributed by atoms with Gasteiger partial charge < -0.3 is 14.2 Å². The van der Waals surface area contributed by atoms with E-state index in [9.17, 15) is 0 Å². The van der Waals surface area contributed by atoms with Gasteiger partial charge in [0.2, 0.25) is 5.79 Å². The maximum atomic E-state index is 5.69. The van der Waals surface area contributed by atoms with Crippen LogP contribution in [0, 0.1) is 0 Å². The van der Waals surface area contributed by atoms with Gasteiger partial charge in [-0.2, -0.15) is 0 Å². The Bertz CT molecular complexity index is 415. The molecule has 3 heteroatoms. The lowest BCUT2D eigenvalue weighted by atomic mass is 9.98. The molecule has 14 heavy (non-hydrogen) atoms. The van der Waals surface area contributed by atoms with Crippen LogP contribution in [-0.2, 0) is 10.3 Å². The highest BCUT2D eigenvalue weighted by Crippen LogP contribution is 2.63. The fourth-order valence-corrected chi connectivity index (χ4v) is 2.09. The van der Waals surface area contributed by atoms with Crippen molar-refractivity contribution in [2.24, 2.45) is 0 Å². The quantitative estimate of drug-likeness (QED) is 0.638. The third kappa shape index (κ3) is 0.722. The molecular formula is C11H12O3. The topological polar surface area (TPSA) is 31.0 Å². The number of benzene rings is 1. The van der Waals surface area contributed by atoms with E-state index in [-0.39, 0.29) is 5.60 Å². The summed E-state index contributed by atoms with van der Waals surface area (Å²) in [6.07, 6.45) is 0. The molecule has 2 aliphatic heterocycles. The molecule has 2 atom stereocenters. The van der Waals surface area contributed by atoms with Crippen LogP contribution in [0.2, 0.25) is 0 Å². The summed E-state index contributed by atoms with van der Waals surface area (Å²) in [5, 5.41) is 0. The SMILES string of the molecule is COc1ccc2c(c1)C1(C)OC1(C)O2. The summed E-state index contributed by atoms with van der Waals surface area (Å²) in [7, 11) is 1.66. The smallest absolute Gasteiger partial charge is 0.242 e. The van der Waals surface area contributed by atoms with Crippen LogP contribution >= 0.6 is 0 Å². The standard InChI is InChI=1S/C11H12O3/c1-10-8-6-7(12-3)4-5-9(8)13-11(10,2)14-10/h4-6H,1-3H3. The molecule has 0 bridgehead atoms. The molecule has 0 radical (unpaired) electrons. The summed E-state index contributed by atoms with van der Waals surface area (Å²) in [5.41, 5.74) is 0.802. The Morgan fingerprint density at radius 3 is 2.79 bits per heavy atom. The molecule has 0 spiro atoms. The van der Waals surface area contributed by atoms with Crippen LogP contribution in [0.25, 0.3) is 0 Å². The third-order valence-corrected chi connectivity index (χ3v) is 3.23. The molecule has 1 fully saturated rings. The summed E-state index contributed by atoms with van der Waals surface area (Å²) in [6, 6.07) is 5.81. The van der Waals surface area contributed by atoms with Gasteiger partial charge >= 0.3 is 0 Å². The first-order valence-electron chi connectivity index (χ1n) is 4.67. The van der Waals surface area contributed by atoms with Gasteiger partial charge in [-0.3, -0.25) is 0 Å². The van der Waals surface area contributed by atoms with Crippen molar-refractivity contribution < 1.29 is 14.2 Å². The molecule has 0 aromatic heterocycles. The van der Waals surface area contributed by atoms with Gasteiger partial charge in [-0.25, -0.2) is 0 Å². The van der Waals surface area contributed by atoms with Crippen molar-refractivity contribution >= 4 is 0 Å². The van der Waals surface area contributed by atoms with Crippen LogP contribution < -0.4 is 9.47 Å². The summed E-state index contributed by atoms with van der Waals surface area (Å²) in [6.45, 7) is 4.00. The van der Waals surface area contributed by atoms with E-state index in [1.807, 2.05) is 32.0 Å². The van der Waals surface area contributed by atoms with Gasteiger partial charge in [-0.1, -0.05) is 0 Å². The normalized spacial score (nSPS) is 37.1. The Kier molecular flexibility index (Phi) is 1.19. The highest BCUT2D eigenvalue weighted by atomic mass is 16.8. The van der Waals surface area contributed by atoms with Crippen LogP contribution in [0.4, 0.5) is 0 Å². The minimum Gasteiger partial charge on any atom is -0.497 e. The molecule has 0 amide bonds. The average Bonchev–Trinajstić information content (AvgIpc) is 2.63. The van der Waals surface area contributed by atoms with Crippen LogP contribution in [-0.4, -0.2) is 12.9 Å². The Morgan fingerprint density at radius 1 is 1.29 bits per heavy atom. The summed E-state index contributed by atoms with van der Waals surface area (Å²) in [5.74, 6) is 1.29. The lowest BCUT2D eigenvalue weighted by Crippen LogP contribution is -2.16. The Balaban J connectivity index is 2.14. The van der Waals surface area contributed by atoms with E-state index in [0.29, 0.717) is 0 Å². The first-order valence-corrected chi connectivity index (χ1v) is 4.67. The average molecular weight is 192 g/mol. The largest absolute Gasteiger partial charge is 0.497 e. The van der Waals surface area contributed by atoms with Gasteiger partial charge in [0.25, 0.3) is 0 Å². The molecular weight excluding hydrogens is 180 g/mol. The number of rotatable bonds is 1. The highest BCUT2D eigenvalue weighted by Gasteiger charge is 2.72. The maximum absolute atomic E-state index is 5.69. The zero-order valence-electron chi connectivity index (χ0n) is 8.46. The minimum absolute atomic E-state index is 0.281. The monoisotopic (exact) mass is 192 g/mol. The number of hydrogen-bond acceptors (Lipinski definition) is 3. The van der Waals surface area contributed by atoms with Crippen molar-refractivity contribution in [3.8, 4) is 11.5 Å². The van der Waals surface area contributed by atoms with Crippen LogP contribution in [0.3, 0.4) is 0 Å². The summed E-state index contributed by atoms with van der Waals surface area (Å²) < 4.78 is 16.4. The van der Waals surface area contributed by atoms with Crippen molar-refractivity contribution in [1.82, 2.24) is 0 Å². The predicted molar refractivity (Wildman–Crippen MR) is 50.5 cm³/mol. The number of methoxy groups -OCH3 is 1. The maximum Gasteiger partial charge on any atom is 0.242 e. The molecule has 2 heterocycles. The fraction of sp³-hybridized carbons (Fsp3) is 0.455. The van der Waals surface area contributed by atoms with Gasteiger partial charge in [0.1, 0.15) is 11.5 Å². The Hall–Kier alpha value is -1.22. The van der Waals surface area contributed by atoms with E-state index in [1.54, 1.807) is 7.11 Å². The Morgan fingerprint density at radius 2 is 2.07 bits per heavy atom. The first-order chi connectivity index (χ1) is 6.59. The number of epoxide rings is 1. The lowest BCUT2D eigenvalue weighted by molar-refractivity contribution is 0.0780. The molecule has 1 aromatic carbocycles. The molecule has 2 unspecified atom stereocenters. The van der Waals surface area contributed by atoms with Gasteiger partial charge in [0.05, 0.1) is 7.11 Å². The highest BCUT2D eigenvalue weighted by molar-refractivity contribution is 5.51. The zero-order chi connectivity index (χ0) is 9.97. The van der Waals surface area contributed by atoms with E-state index < -0.39 is 5.79 Å². The minimum atomic E-state index is -0.457. The van der Waals surface area contributed by atoms with Crippen molar-refractivity contribution in [2.45, 2.75) is 25.2 Å². The van der Waals surface area contributed by atoms with Crippen molar-refractivity contribution in [1.29, 1.82) is 0 Å². The molecule has 1 saturated heterocycles. The second kappa shape index (κ2) is 2.06. The van der Waals surface area contributed by atoms with Crippen LogP contribution in [0.1, 0.15) is 19.4 Å². The van der Waals surface area contributed by atoms with Crippen molar-refractivity contribution in [2.75, 3.05) is 7.11 Å². The summed E-state index contributed by atoms with van der Waals surface area (Å²) >= 11 is 0. The number of ether oxygens (including phenoxy) is 3. The van der Waals surface area contributed by atoms with Gasteiger partial charge in [-0.15, -0.1) is 0 Å². The molecule has 1 aromatic rings. The first kappa shape index (κ1) is 8.12. The van der Waals surface area contributed by atoms with Gasteiger partial charge in [0, 0.05) is 12.5 Å². The van der Waals surface area contributed by atoms with Crippen molar-refractivity contribution in [3.63, 3.8) is 0 Å². The third-order valence-electron chi connectivity index (χ3n) is 3.23. The molecule has 0 N–H and O–H groups in total. The molecule has 0 aliphatic carbocycles. The van der Waals surface area contributed by atoms with E-state index in [1.165, 1.54) is 0 Å². The fourth-order valence-electron chi connectivity index (χ4n) is 2.09. The van der Waals surface area contributed by atoms with E-state index >= 15 is 0 Å². The molecule has 74 valence electrons. The second-order valence-electron chi connectivity index (χ2n) is 4.05. The summed E-state index contributed by atoms with van der Waals surface area (Å²) in [4.78, 5) is 0. The number of hydrogen-bond donors (Lipinski definition) is 0. The van der Waals surface area contributed by atoms with E-state index in [2.05, 4.69) is 0 Å².